The van der Waals surface area contributed by atoms with Crippen molar-refractivity contribution in [3.05, 3.63) is 72.0 Å². The van der Waals surface area contributed by atoms with Gasteiger partial charge in [-0.2, -0.15) is 0 Å². The fourth-order valence-corrected chi connectivity index (χ4v) is 2.84. The molecule has 0 aliphatic rings. The zero-order valence-corrected chi connectivity index (χ0v) is 16.0. The van der Waals surface area contributed by atoms with E-state index in [0.717, 1.165) is 22.4 Å². The molecule has 0 radical (unpaired) electrons. The summed E-state index contributed by atoms with van der Waals surface area (Å²) in [4.78, 5) is 23.8. The molecule has 0 saturated carbocycles. The molecule has 0 atom stereocenters. The number of carbonyl (C=O) groups excluding carboxylic acids is 2. The third-order valence-electron chi connectivity index (χ3n) is 4.32. The Morgan fingerprint density at radius 1 is 0.862 bits per heavy atom. The van der Waals surface area contributed by atoms with E-state index in [4.69, 9.17) is 14.2 Å². The fraction of sp³-hybridized carbons (Fsp3) is 0.217. The average Bonchev–Trinajstić information content (AvgIpc) is 2.73. The van der Waals surface area contributed by atoms with Gasteiger partial charge in [-0.25, -0.2) is 4.39 Å². The Balaban J connectivity index is 1.41. The minimum Gasteiger partial charge on any atom is -0.493 e. The van der Waals surface area contributed by atoms with Crippen LogP contribution in [0.1, 0.15) is 24.8 Å². The predicted molar refractivity (Wildman–Crippen MR) is 106 cm³/mol. The van der Waals surface area contributed by atoms with E-state index in [-0.39, 0.29) is 36.9 Å². The lowest BCUT2D eigenvalue weighted by molar-refractivity contribution is -0.145. The summed E-state index contributed by atoms with van der Waals surface area (Å²) in [6, 6.07) is 17.5. The number of rotatable bonds is 8. The fourth-order valence-electron chi connectivity index (χ4n) is 2.84. The second-order valence-corrected chi connectivity index (χ2v) is 6.46. The Kier molecular flexibility index (Phi) is 6.79. The summed E-state index contributed by atoms with van der Waals surface area (Å²) in [5.41, 5.74) is 0.903. The molecule has 3 rings (SSSR count). The van der Waals surface area contributed by atoms with E-state index in [0.29, 0.717) is 6.42 Å². The second-order valence-electron chi connectivity index (χ2n) is 6.46. The van der Waals surface area contributed by atoms with Crippen LogP contribution >= 0.6 is 0 Å². The van der Waals surface area contributed by atoms with Crippen molar-refractivity contribution >= 4 is 22.7 Å². The number of hydrogen-bond donors (Lipinski definition) is 0. The van der Waals surface area contributed by atoms with E-state index in [2.05, 4.69) is 0 Å². The first-order valence-corrected chi connectivity index (χ1v) is 9.22. The molecule has 3 aromatic carbocycles. The van der Waals surface area contributed by atoms with Crippen LogP contribution in [0, 0.1) is 5.82 Å². The number of fused-ring (bicyclic) bond motifs is 1. The standard InChI is InChI=1S/C23H21FO5/c1-27-21-14-19(24)11-12-20(21)29-23(26)8-4-7-22(25)28-15-16-9-10-17-5-2-3-6-18(17)13-16/h2-3,5-6,9-14H,4,7-8,15H2,1H3. The Morgan fingerprint density at radius 2 is 1.62 bits per heavy atom. The van der Waals surface area contributed by atoms with Gasteiger partial charge in [0, 0.05) is 18.9 Å². The molecule has 0 amide bonds. The van der Waals surface area contributed by atoms with E-state index in [1.807, 2.05) is 42.5 Å². The van der Waals surface area contributed by atoms with E-state index in [1.54, 1.807) is 0 Å². The number of esters is 2. The van der Waals surface area contributed by atoms with Crippen molar-refractivity contribution in [3.8, 4) is 11.5 Å². The highest BCUT2D eigenvalue weighted by molar-refractivity contribution is 5.83. The minimum atomic E-state index is -0.530. The van der Waals surface area contributed by atoms with Gasteiger partial charge in [0.2, 0.25) is 0 Å². The normalized spacial score (nSPS) is 10.6. The quantitative estimate of drug-likeness (QED) is 0.404. The summed E-state index contributed by atoms with van der Waals surface area (Å²) in [6.45, 7) is 0.181. The molecule has 0 heterocycles. The van der Waals surface area contributed by atoms with Gasteiger partial charge >= 0.3 is 11.9 Å². The summed E-state index contributed by atoms with van der Waals surface area (Å²) >= 11 is 0. The summed E-state index contributed by atoms with van der Waals surface area (Å²) in [5, 5.41) is 2.21. The number of benzene rings is 3. The van der Waals surface area contributed by atoms with Gasteiger partial charge in [0.05, 0.1) is 7.11 Å². The molecule has 0 aliphatic carbocycles. The van der Waals surface area contributed by atoms with Gasteiger partial charge in [0.1, 0.15) is 12.4 Å². The molecule has 5 nitrogen and oxygen atoms in total. The van der Waals surface area contributed by atoms with Crippen LogP contribution in [0.2, 0.25) is 0 Å². The van der Waals surface area contributed by atoms with E-state index >= 15 is 0 Å². The highest BCUT2D eigenvalue weighted by Gasteiger charge is 2.12. The monoisotopic (exact) mass is 396 g/mol. The summed E-state index contributed by atoms with van der Waals surface area (Å²) in [7, 11) is 1.36. The van der Waals surface area contributed by atoms with Crippen LogP contribution in [-0.2, 0) is 20.9 Å². The molecule has 0 unspecified atom stereocenters. The molecular formula is C23H21FO5. The molecule has 0 aromatic heterocycles. The molecule has 0 aliphatic heterocycles. The van der Waals surface area contributed by atoms with Gasteiger partial charge in [-0.3, -0.25) is 9.59 Å². The number of halogens is 1. The maximum Gasteiger partial charge on any atom is 0.311 e. The van der Waals surface area contributed by atoms with Gasteiger partial charge in [-0.1, -0.05) is 36.4 Å². The lowest BCUT2D eigenvalue weighted by Gasteiger charge is -2.09. The van der Waals surface area contributed by atoms with Crippen LogP contribution in [0.4, 0.5) is 4.39 Å². The van der Waals surface area contributed by atoms with Crippen molar-refractivity contribution in [3.63, 3.8) is 0 Å². The minimum absolute atomic E-state index is 0.0333. The summed E-state index contributed by atoms with van der Waals surface area (Å²) in [6.07, 6.45) is 0.424. The predicted octanol–water partition coefficient (Wildman–Crippen LogP) is 4.81. The highest BCUT2D eigenvalue weighted by Crippen LogP contribution is 2.28. The lowest BCUT2D eigenvalue weighted by Crippen LogP contribution is -2.10. The van der Waals surface area contributed by atoms with Crippen LogP contribution in [-0.4, -0.2) is 19.0 Å². The summed E-state index contributed by atoms with van der Waals surface area (Å²) in [5.74, 6) is -1.13. The first-order valence-electron chi connectivity index (χ1n) is 9.22. The third-order valence-corrected chi connectivity index (χ3v) is 4.32. The van der Waals surface area contributed by atoms with Gasteiger partial charge < -0.3 is 14.2 Å². The number of ether oxygens (including phenoxy) is 3. The highest BCUT2D eigenvalue weighted by atomic mass is 19.1. The molecule has 29 heavy (non-hydrogen) atoms. The maximum atomic E-state index is 13.2. The zero-order chi connectivity index (χ0) is 20.6. The van der Waals surface area contributed by atoms with E-state index < -0.39 is 11.8 Å². The van der Waals surface area contributed by atoms with Crippen LogP contribution in [0.25, 0.3) is 10.8 Å². The van der Waals surface area contributed by atoms with Gasteiger partial charge in [-0.05, 0) is 41.0 Å². The zero-order valence-electron chi connectivity index (χ0n) is 16.0. The smallest absolute Gasteiger partial charge is 0.311 e. The summed E-state index contributed by atoms with van der Waals surface area (Å²) < 4.78 is 28.6. The molecule has 3 aromatic rings. The van der Waals surface area contributed by atoms with Crippen molar-refractivity contribution in [2.75, 3.05) is 7.11 Å². The molecule has 0 bridgehead atoms. The molecule has 0 spiro atoms. The Labute approximate surface area is 168 Å². The van der Waals surface area contributed by atoms with E-state index in [1.165, 1.54) is 19.2 Å². The van der Waals surface area contributed by atoms with Crippen molar-refractivity contribution < 1.29 is 28.2 Å². The van der Waals surface area contributed by atoms with Gasteiger partial charge in [-0.15, -0.1) is 0 Å². The van der Waals surface area contributed by atoms with Crippen LogP contribution in [0.3, 0.4) is 0 Å². The first-order chi connectivity index (χ1) is 14.0. The molecule has 0 saturated heterocycles. The van der Waals surface area contributed by atoms with Gasteiger partial charge in [0.15, 0.2) is 11.5 Å². The molecule has 0 fully saturated rings. The molecule has 150 valence electrons. The van der Waals surface area contributed by atoms with Crippen LogP contribution < -0.4 is 9.47 Å². The molecular weight excluding hydrogens is 375 g/mol. The Morgan fingerprint density at radius 3 is 2.41 bits per heavy atom. The maximum absolute atomic E-state index is 13.2. The van der Waals surface area contributed by atoms with E-state index in [9.17, 15) is 14.0 Å². The number of hydrogen-bond acceptors (Lipinski definition) is 5. The van der Waals surface area contributed by atoms with Crippen molar-refractivity contribution in [2.45, 2.75) is 25.9 Å². The largest absolute Gasteiger partial charge is 0.493 e. The number of methoxy groups -OCH3 is 1. The second kappa shape index (κ2) is 9.68. The Hall–Kier alpha value is -3.41. The topological polar surface area (TPSA) is 61.8 Å². The Bertz CT molecular complexity index is 1020. The number of carbonyl (C=O) groups is 2. The van der Waals surface area contributed by atoms with Crippen molar-refractivity contribution in [2.24, 2.45) is 0 Å². The first kappa shape index (κ1) is 20.3. The molecule has 6 heteroatoms. The van der Waals surface area contributed by atoms with Crippen molar-refractivity contribution in [1.29, 1.82) is 0 Å². The average molecular weight is 396 g/mol. The van der Waals surface area contributed by atoms with Gasteiger partial charge in [0.25, 0.3) is 0 Å². The molecule has 0 N–H and O–H groups in total. The van der Waals surface area contributed by atoms with Crippen LogP contribution in [0.5, 0.6) is 11.5 Å². The van der Waals surface area contributed by atoms with Crippen LogP contribution in [0.15, 0.2) is 60.7 Å². The third kappa shape index (κ3) is 5.78. The lowest BCUT2D eigenvalue weighted by atomic mass is 10.1. The van der Waals surface area contributed by atoms with Crippen molar-refractivity contribution in [1.82, 2.24) is 0 Å². The SMILES string of the molecule is COc1cc(F)ccc1OC(=O)CCCC(=O)OCc1ccc2ccccc2c1.